The van der Waals surface area contributed by atoms with Gasteiger partial charge in [-0.05, 0) is 19.1 Å². The third-order valence-electron chi connectivity index (χ3n) is 5.08. The van der Waals surface area contributed by atoms with Gasteiger partial charge in [0.1, 0.15) is 18.0 Å². The zero-order valence-corrected chi connectivity index (χ0v) is 14.2. The van der Waals surface area contributed by atoms with E-state index in [1.165, 1.54) is 0 Å². The summed E-state index contributed by atoms with van der Waals surface area (Å²) in [4.78, 5) is 12.0. The largest absolute Gasteiger partial charge is 0.497 e. The first-order valence-electron chi connectivity index (χ1n) is 8.55. The zero-order chi connectivity index (χ0) is 17.6. The number of aliphatic hydroxyl groups excluding tert-OH is 1. The van der Waals surface area contributed by atoms with Crippen molar-refractivity contribution in [2.24, 2.45) is 11.8 Å². The SMILES string of the molecule is CCOC(=O)[C@@H]1[C@H]2O[C@@H]3CO[C@@H](c4ccc(OC)cc4)O[C@H]3[C@H](O)[C@H]21. The Morgan fingerprint density at radius 2 is 2.00 bits per heavy atom. The van der Waals surface area contributed by atoms with Crippen molar-refractivity contribution in [3.63, 3.8) is 0 Å². The van der Waals surface area contributed by atoms with Crippen LogP contribution in [0.5, 0.6) is 5.75 Å². The predicted octanol–water partition coefficient (Wildman–Crippen LogP) is 1.05. The maximum atomic E-state index is 12.0. The minimum absolute atomic E-state index is 0.269. The van der Waals surface area contributed by atoms with Gasteiger partial charge in [0.2, 0.25) is 0 Å². The maximum Gasteiger partial charge on any atom is 0.312 e. The molecule has 1 saturated carbocycles. The lowest BCUT2D eigenvalue weighted by molar-refractivity contribution is -0.300. The topological polar surface area (TPSA) is 83.5 Å². The number of carbonyl (C=O) groups is 1. The molecule has 0 spiro atoms. The molecule has 3 fully saturated rings. The van der Waals surface area contributed by atoms with Crippen LogP contribution in [0.3, 0.4) is 0 Å². The lowest BCUT2D eigenvalue weighted by Gasteiger charge is -2.41. The fourth-order valence-corrected chi connectivity index (χ4v) is 3.74. The van der Waals surface area contributed by atoms with Crippen molar-refractivity contribution in [3.8, 4) is 5.75 Å². The smallest absolute Gasteiger partial charge is 0.312 e. The van der Waals surface area contributed by atoms with Gasteiger partial charge < -0.3 is 28.8 Å². The molecule has 2 heterocycles. The molecule has 4 rings (SSSR count). The van der Waals surface area contributed by atoms with Gasteiger partial charge in [0.15, 0.2) is 6.29 Å². The lowest BCUT2D eigenvalue weighted by Crippen LogP contribution is -2.53. The van der Waals surface area contributed by atoms with E-state index >= 15 is 0 Å². The summed E-state index contributed by atoms with van der Waals surface area (Å²) in [7, 11) is 1.61. The van der Waals surface area contributed by atoms with Crippen LogP contribution in [0.2, 0.25) is 0 Å². The summed E-state index contributed by atoms with van der Waals surface area (Å²) in [6, 6.07) is 7.38. The summed E-state index contributed by atoms with van der Waals surface area (Å²) < 4.78 is 27.8. The summed E-state index contributed by atoms with van der Waals surface area (Å²) in [6.07, 6.45) is -2.57. The highest BCUT2D eigenvalue weighted by Crippen LogP contribution is 2.52. The Bertz CT molecular complexity index is 631. The molecule has 7 nitrogen and oxygen atoms in total. The molecular formula is C18H22O7. The van der Waals surface area contributed by atoms with E-state index in [1.807, 2.05) is 24.3 Å². The molecule has 0 aromatic heterocycles. The molecule has 7 heteroatoms. The number of rotatable bonds is 4. The van der Waals surface area contributed by atoms with Crippen LogP contribution in [-0.2, 0) is 23.7 Å². The molecule has 1 aromatic carbocycles. The predicted molar refractivity (Wildman–Crippen MR) is 84.8 cm³/mol. The summed E-state index contributed by atoms with van der Waals surface area (Å²) >= 11 is 0. The minimum Gasteiger partial charge on any atom is -0.497 e. The Morgan fingerprint density at radius 3 is 2.68 bits per heavy atom. The van der Waals surface area contributed by atoms with Crippen molar-refractivity contribution >= 4 is 5.97 Å². The first-order chi connectivity index (χ1) is 12.1. The zero-order valence-electron chi connectivity index (χ0n) is 14.2. The molecule has 2 aliphatic heterocycles. The first-order valence-corrected chi connectivity index (χ1v) is 8.55. The van der Waals surface area contributed by atoms with Gasteiger partial charge in [-0.25, -0.2) is 0 Å². The quantitative estimate of drug-likeness (QED) is 0.813. The fourth-order valence-electron chi connectivity index (χ4n) is 3.74. The van der Waals surface area contributed by atoms with Crippen molar-refractivity contribution in [3.05, 3.63) is 29.8 Å². The number of methoxy groups -OCH3 is 1. The highest BCUT2D eigenvalue weighted by atomic mass is 16.7. The Morgan fingerprint density at radius 1 is 1.24 bits per heavy atom. The Hall–Kier alpha value is -1.67. The molecular weight excluding hydrogens is 328 g/mol. The third kappa shape index (κ3) is 2.91. The minimum atomic E-state index is -0.775. The number of esters is 1. The van der Waals surface area contributed by atoms with E-state index in [0.717, 1.165) is 11.3 Å². The van der Waals surface area contributed by atoms with Crippen molar-refractivity contribution in [1.29, 1.82) is 0 Å². The molecule has 3 aliphatic rings. The van der Waals surface area contributed by atoms with Gasteiger partial charge in [-0.1, -0.05) is 12.1 Å². The second kappa shape index (κ2) is 6.57. The lowest BCUT2D eigenvalue weighted by atomic mass is 9.99. The van der Waals surface area contributed by atoms with Crippen LogP contribution in [0, 0.1) is 11.8 Å². The molecule has 0 radical (unpaired) electrons. The van der Waals surface area contributed by atoms with E-state index in [9.17, 15) is 9.90 Å². The Balaban J connectivity index is 1.45. The molecule has 25 heavy (non-hydrogen) atoms. The van der Waals surface area contributed by atoms with Crippen molar-refractivity contribution in [2.75, 3.05) is 20.3 Å². The van der Waals surface area contributed by atoms with Gasteiger partial charge in [-0.3, -0.25) is 4.79 Å². The second-order valence-electron chi connectivity index (χ2n) is 6.52. The molecule has 0 bridgehead atoms. The number of aliphatic hydroxyl groups is 1. The average Bonchev–Trinajstić information content (AvgIpc) is 3.36. The second-order valence-corrected chi connectivity index (χ2v) is 6.52. The van der Waals surface area contributed by atoms with Crippen molar-refractivity contribution in [1.82, 2.24) is 0 Å². The van der Waals surface area contributed by atoms with Gasteiger partial charge in [0.05, 0.1) is 38.4 Å². The van der Waals surface area contributed by atoms with Gasteiger partial charge in [0.25, 0.3) is 0 Å². The van der Waals surface area contributed by atoms with Gasteiger partial charge >= 0.3 is 5.97 Å². The fraction of sp³-hybridized carbons (Fsp3) is 0.611. The number of benzene rings is 1. The molecule has 7 atom stereocenters. The molecule has 2 saturated heterocycles. The molecule has 1 aromatic rings. The molecule has 136 valence electrons. The van der Waals surface area contributed by atoms with E-state index in [2.05, 4.69) is 0 Å². The third-order valence-corrected chi connectivity index (χ3v) is 5.08. The van der Waals surface area contributed by atoms with E-state index in [0.29, 0.717) is 13.2 Å². The van der Waals surface area contributed by atoms with Crippen LogP contribution in [0.1, 0.15) is 18.8 Å². The highest BCUT2D eigenvalue weighted by molar-refractivity contribution is 5.77. The van der Waals surface area contributed by atoms with E-state index in [4.69, 9.17) is 23.7 Å². The van der Waals surface area contributed by atoms with E-state index < -0.39 is 24.4 Å². The highest BCUT2D eigenvalue weighted by Gasteiger charge is 2.67. The Labute approximate surface area is 145 Å². The van der Waals surface area contributed by atoms with Crippen molar-refractivity contribution in [2.45, 2.75) is 37.6 Å². The Kier molecular flexibility index (Phi) is 4.41. The number of hydrogen-bond donors (Lipinski definition) is 1. The maximum absolute atomic E-state index is 12.0. The molecule has 1 aliphatic carbocycles. The van der Waals surface area contributed by atoms with E-state index in [-0.39, 0.29) is 24.1 Å². The number of fused-ring (bicyclic) bond motifs is 2. The summed E-state index contributed by atoms with van der Waals surface area (Å²) in [5.41, 5.74) is 0.839. The van der Waals surface area contributed by atoms with Crippen LogP contribution in [0.4, 0.5) is 0 Å². The van der Waals surface area contributed by atoms with Crippen LogP contribution in [-0.4, -0.2) is 55.8 Å². The summed E-state index contributed by atoms with van der Waals surface area (Å²) in [5.74, 6) is -0.252. The van der Waals surface area contributed by atoms with Gasteiger partial charge in [-0.2, -0.15) is 0 Å². The first kappa shape index (κ1) is 16.8. The van der Waals surface area contributed by atoms with Crippen LogP contribution < -0.4 is 4.74 Å². The summed E-state index contributed by atoms with van der Waals surface area (Å²) in [5, 5.41) is 10.7. The average molecular weight is 350 g/mol. The van der Waals surface area contributed by atoms with Crippen LogP contribution in [0.25, 0.3) is 0 Å². The standard InChI is InChI=1S/C18H22O7/c1-3-22-17(20)13-12-14(19)15-11(24-16(12)13)8-23-18(25-15)9-4-6-10(21-2)7-5-9/h4-7,11-16,18-19H,3,8H2,1-2H3/t11-,12-,13+,14-,15-,16+,18-/m1/s1. The monoisotopic (exact) mass is 350 g/mol. The molecule has 1 N–H and O–H groups in total. The number of hydrogen-bond acceptors (Lipinski definition) is 7. The molecule has 0 unspecified atom stereocenters. The number of carbonyl (C=O) groups excluding carboxylic acids is 1. The molecule has 0 amide bonds. The van der Waals surface area contributed by atoms with Gasteiger partial charge in [0, 0.05) is 11.5 Å². The number of ether oxygens (including phenoxy) is 5. The van der Waals surface area contributed by atoms with Crippen LogP contribution >= 0.6 is 0 Å². The normalized spacial score (nSPS) is 39.1. The van der Waals surface area contributed by atoms with Gasteiger partial charge in [-0.15, -0.1) is 0 Å². The summed E-state index contributed by atoms with van der Waals surface area (Å²) in [6.45, 7) is 2.38. The van der Waals surface area contributed by atoms with Crippen LogP contribution in [0.15, 0.2) is 24.3 Å². The van der Waals surface area contributed by atoms with E-state index in [1.54, 1.807) is 14.0 Å². The van der Waals surface area contributed by atoms with Crippen molar-refractivity contribution < 1.29 is 33.6 Å².